The molecule has 0 saturated carbocycles. The summed E-state index contributed by atoms with van der Waals surface area (Å²) < 4.78 is 1.18. The Morgan fingerprint density at radius 3 is 2.56 bits per heavy atom. The van der Waals surface area contributed by atoms with Gasteiger partial charge in [0.25, 0.3) is 0 Å². The van der Waals surface area contributed by atoms with Crippen LogP contribution < -0.4 is 5.32 Å². The summed E-state index contributed by atoms with van der Waals surface area (Å²) >= 11 is 5.30. The Hall–Kier alpha value is -0.710. The Bertz CT molecular complexity index is 484. The van der Waals surface area contributed by atoms with Gasteiger partial charge in [0.1, 0.15) is 0 Å². The van der Waals surface area contributed by atoms with Crippen molar-refractivity contribution in [1.82, 2.24) is 10.3 Å². The Labute approximate surface area is 121 Å². The molecule has 2 nitrogen and oxygen atoms in total. The summed E-state index contributed by atoms with van der Waals surface area (Å²) in [5.74, 6) is 0. The van der Waals surface area contributed by atoms with Gasteiger partial charge in [-0.2, -0.15) is 0 Å². The molecule has 2 heterocycles. The third-order valence-electron chi connectivity index (χ3n) is 2.99. The van der Waals surface area contributed by atoms with Crippen molar-refractivity contribution in [2.45, 2.75) is 32.4 Å². The van der Waals surface area contributed by atoms with Crippen LogP contribution in [0.5, 0.6) is 0 Å². The average molecular weight is 325 g/mol. The van der Waals surface area contributed by atoms with Crippen LogP contribution in [0, 0.1) is 0 Å². The van der Waals surface area contributed by atoms with Crippen molar-refractivity contribution in [2.75, 3.05) is 0 Å². The van der Waals surface area contributed by atoms with Crippen molar-refractivity contribution in [2.24, 2.45) is 0 Å². The standard InChI is InChI=1S/C14H17BrN2S/c1-3-12(11-6-8-16-9-7-11)17-10(2)13-4-5-14(15)18-13/h4-10,12,17H,3H2,1-2H3/t10-,12-/m1/s1. The molecule has 0 amide bonds. The van der Waals surface area contributed by atoms with Crippen LogP contribution in [-0.2, 0) is 0 Å². The number of nitrogens with one attached hydrogen (secondary N) is 1. The zero-order chi connectivity index (χ0) is 13.0. The summed E-state index contributed by atoms with van der Waals surface area (Å²) in [6.07, 6.45) is 4.78. The van der Waals surface area contributed by atoms with Gasteiger partial charge in [-0.05, 0) is 59.1 Å². The number of rotatable bonds is 5. The van der Waals surface area contributed by atoms with Crippen molar-refractivity contribution in [3.8, 4) is 0 Å². The molecule has 0 aliphatic rings. The summed E-state index contributed by atoms with van der Waals surface area (Å²) in [5.41, 5.74) is 1.30. The smallest absolute Gasteiger partial charge is 0.0701 e. The van der Waals surface area contributed by atoms with E-state index in [4.69, 9.17) is 0 Å². The van der Waals surface area contributed by atoms with E-state index in [1.807, 2.05) is 12.4 Å². The summed E-state index contributed by atoms with van der Waals surface area (Å²) in [6, 6.07) is 9.18. The molecule has 2 rings (SSSR count). The molecule has 0 unspecified atom stereocenters. The monoisotopic (exact) mass is 324 g/mol. The Kier molecular flexibility index (Phi) is 4.92. The molecule has 0 saturated heterocycles. The molecule has 18 heavy (non-hydrogen) atoms. The first-order valence-electron chi connectivity index (χ1n) is 6.12. The van der Waals surface area contributed by atoms with E-state index in [-0.39, 0.29) is 0 Å². The molecule has 0 bridgehead atoms. The molecule has 4 heteroatoms. The molecule has 0 aliphatic heterocycles. The molecule has 96 valence electrons. The largest absolute Gasteiger partial charge is 0.303 e. The number of aromatic nitrogens is 1. The normalized spacial score (nSPS) is 14.4. The minimum atomic E-state index is 0.361. The van der Waals surface area contributed by atoms with Crippen LogP contribution >= 0.6 is 27.3 Å². The van der Waals surface area contributed by atoms with E-state index in [0.29, 0.717) is 12.1 Å². The Morgan fingerprint density at radius 1 is 1.28 bits per heavy atom. The van der Waals surface area contributed by atoms with E-state index < -0.39 is 0 Å². The zero-order valence-electron chi connectivity index (χ0n) is 10.6. The number of hydrogen-bond acceptors (Lipinski definition) is 3. The predicted octanol–water partition coefficient (Wildman–Crippen LogP) is 4.71. The first-order valence-corrected chi connectivity index (χ1v) is 7.73. The minimum absolute atomic E-state index is 0.361. The summed E-state index contributed by atoms with van der Waals surface area (Å²) in [4.78, 5) is 5.43. The van der Waals surface area contributed by atoms with Crippen LogP contribution in [0.25, 0.3) is 0 Å². The third kappa shape index (κ3) is 3.40. The number of hydrogen-bond donors (Lipinski definition) is 1. The van der Waals surface area contributed by atoms with Crippen molar-refractivity contribution in [3.63, 3.8) is 0 Å². The van der Waals surface area contributed by atoms with Gasteiger partial charge in [0.15, 0.2) is 0 Å². The Balaban J connectivity index is 2.07. The van der Waals surface area contributed by atoms with Crippen LogP contribution in [-0.4, -0.2) is 4.98 Å². The maximum absolute atomic E-state index is 4.07. The van der Waals surface area contributed by atoms with E-state index in [1.165, 1.54) is 14.2 Å². The fourth-order valence-electron chi connectivity index (χ4n) is 1.99. The summed E-state index contributed by atoms with van der Waals surface area (Å²) in [5, 5.41) is 3.67. The van der Waals surface area contributed by atoms with Crippen LogP contribution in [0.3, 0.4) is 0 Å². The highest BCUT2D eigenvalue weighted by atomic mass is 79.9. The minimum Gasteiger partial charge on any atom is -0.303 e. The van der Waals surface area contributed by atoms with E-state index in [2.05, 4.69) is 64.3 Å². The lowest BCUT2D eigenvalue weighted by Gasteiger charge is -2.21. The Morgan fingerprint density at radius 2 is 2.00 bits per heavy atom. The molecule has 1 N–H and O–H groups in total. The van der Waals surface area contributed by atoms with E-state index in [9.17, 15) is 0 Å². The summed E-state index contributed by atoms with van der Waals surface area (Å²) in [7, 11) is 0. The van der Waals surface area contributed by atoms with Gasteiger partial charge in [-0.3, -0.25) is 4.98 Å². The number of pyridine rings is 1. The van der Waals surface area contributed by atoms with Crippen LogP contribution in [0.2, 0.25) is 0 Å². The highest BCUT2D eigenvalue weighted by Crippen LogP contribution is 2.29. The zero-order valence-corrected chi connectivity index (χ0v) is 13.0. The second-order valence-corrected chi connectivity index (χ2v) is 6.77. The first-order chi connectivity index (χ1) is 8.70. The molecule has 0 radical (unpaired) electrons. The van der Waals surface area contributed by atoms with Crippen LogP contribution in [0.4, 0.5) is 0 Å². The van der Waals surface area contributed by atoms with E-state index >= 15 is 0 Å². The topological polar surface area (TPSA) is 24.9 Å². The molecule has 0 spiro atoms. The van der Waals surface area contributed by atoms with Crippen molar-refractivity contribution >= 4 is 27.3 Å². The van der Waals surface area contributed by atoms with Gasteiger partial charge in [-0.15, -0.1) is 11.3 Å². The van der Waals surface area contributed by atoms with Gasteiger partial charge in [-0.25, -0.2) is 0 Å². The lowest BCUT2D eigenvalue weighted by molar-refractivity contribution is 0.460. The lowest BCUT2D eigenvalue weighted by atomic mass is 10.0. The second-order valence-electron chi connectivity index (χ2n) is 4.27. The molecule has 2 aromatic heterocycles. The highest BCUT2D eigenvalue weighted by molar-refractivity contribution is 9.11. The maximum Gasteiger partial charge on any atom is 0.0701 e. The molecule has 2 atom stereocenters. The summed E-state index contributed by atoms with van der Waals surface area (Å²) in [6.45, 7) is 4.41. The van der Waals surface area contributed by atoms with Gasteiger partial charge < -0.3 is 5.32 Å². The van der Waals surface area contributed by atoms with Crippen LogP contribution in [0.15, 0.2) is 40.4 Å². The van der Waals surface area contributed by atoms with Gasteiger partial charge in [0, 0.05) is 29.4 Å². The molecular formula is C14H17BrN2S. The highest BCUT2D eigenvalue weighted by Gasteiger charge is 2.14. The molecule has 2 aromatic rings. The van der Waals surface area contributed by atoms with Gasteiger partial charge in [0.05, 0.1) is 3.79 Å². The van der Waals surface area contributed by atoms with E-state index in [0.717, 1.165) is 6.42 Å². The molecule has 0 fully saturated rings. The van der Waals surface area contributed by atoms with Crippen molar-refractivity contribution in [3.05, 3.63) is 50.9 Å². The van der Waals surface area contributed by atoms with Crippen molar-refractivity contribution in [1.29, 1.82) is 0 Å². The van der Waals surface area contributed by atoms with Gasteiger partial charge in [0.2, 0.25) is 0 Å². The van der Waals surface area contributed by atoms with Gasteiger partial charge >= 0.3 is 0 Å². The number of halogens is 1. The van der Waals surface area contributed by atoms with E-state index in [1.54, 1.807) is 11.3 Å². The number of thiophene rings is 1. The fraction of sp³-hybridized carbons (Fsp3) is 0.357. The molecule has 0 aromatic carbocycles. The fourth-order valence-corrected chi connectivity index (χ4v) is 3.43. The van der Waals surface area contributed by atoms with Crippen LogP contribution in [0.1, 0.15) is 42.8 Å². The molecule has 0 aliphatic carbocycles. The first kappa shape index (κ1) is 13.7. The molecular weight excluding hydrogens is 308 g/mol. The van der Waals surface area contributed by atoms with Crippen molar-refractivity contribution < 1.29 is 0 Å². The average Bonchev–Trinajstić information content (AvgIpc) is 2.83. The maximum atomic E-state index is 4.07. The quantitative estimate of drug-likeness (QED) is 0.861. The second kappa shape index (κ2) is 6.45. The third-order valence-corrected chi connectivity index (χ3v) is 4.80. The van der Waals surface area contributed by atoms with Gasteiger partial charge in [-0.1, -0.05) is 6.92 Å². The lowest BCUT2D eigenvalue weighted by Crippen LogP contribution is -2.23. The SMILES string of the molecule is CC[C@@H](N[C@H](C)c1ccc(Br)s1)c1ccncc1. The number of nitrogens with zero attached hydrogens (tertiary/aromatic N) is 1. The predicted molar refractivity (Wildman–Crippen MR) is 80.8 cm³/mol.